The molecule has 2 fully saturated rings. The van der Waals surface area contributed by atoms with Gasteiger partial charge in [-0.1, -0.05) is 12.8 Å². The van der Waals surface area contributed by atoms with Crippen molar-refractivity contribution in [2.45, 2.75) is 77.1 Å². The van der Waals surface area contributed by atoms with Crippen LogP contribution in [0.2, 0.25) is 0 Å². The van der Waals surface area contributed by atoms with Crippen LogP contribution in [0.25, 0.3) is 0 Å². The van der Waals surface area contributed by atoms with E-state index in [2.05, 4.69) is 9.88 Å². The van der Waals surface area contributed by atoms with E-state index in [0.29, 0.717) is 18.5 Å². The number of aromatic nitrogens is 1. The molecule has 3 atom stereocenters. The summed E-state index contributed by atoms with van der Waals surface area (Å²) in [6.45, 7) is 4.31. The average Bonchev–Trinajstić information content (AvgIpc) is 3.18. The summed E-state index contributed by atoms with van der Waals surface area (Å²) < 4.78 is 10.2. The number of thiazole rings is 1. The molecular weight excluding hydrogens is 352 g/mol. The Morgan fingerprint density at radius 1 is 1.35 bits per heavy atom. The van der Waals surface area contributed by atoms with Gasteiger partial charge in [0.1, 0.15) is 11.0 Å². The van der Waals surface area contributed by atoms with Gasteiger partial charge in [0.15, 0.2) is 0 Å². The highest BCUT2D eigenvalue weighted by atomic mass is 32.1. The van der Waals surface area contributed by atoms with Gasteiger partial charge in [0.05, 0.1) is 25.3 Å². The summed E-state index contributed by atoms with van der Waals surface area (Å²) in [6.07, 6.45) is 5.77. The first-order valence-corrected chi connectivity index (χ1v) is 10.3. The van der Waals surface area contributed by atoms with E-state index in [1.165, 1.54) is 37.7 Å². The number of methoxy groups -OCH3 is 1. The van der Waals surface area contributed by atoms with E-state index in [9.17, 15) is 9.59 Å². The molecule has 7 heteroatoms. The van der Waals surface area contributed by atoms with E-state index < -0.39 is 0 Å². The zero-order chi connectivity index (χ0) is 18.7. The summed E-state index contributed by atoms with van der Waals surface area (Å²) in [7, 11) is 1.46. The Morgan fingerprint density at radius 2 is 2.12 bits per heavy atom. The minimum Gasteiger partial charge on any atom is -0.468 e. The number of hydrogen-bond donors (Lipinski definition) is 0. The fraction of sp³-hybridized carbons (Fsp3) is 0.737. The summed E-state index contributed by atoms with van der Waals surface area (Å²) in [4.78, 5) is 31.0. The van der Waals surface area contributed by atoms with Crippen molar-refractivity contribution < 1.29 is 19.1 Å². The number of ether oxygens (including phenoxy) is 2. The molecule has 1 aromatic heterocycles. The molecule has 2 heterocycles. The number of likely N-dealkylation sites (tertiary alicyclic amines) is 1. The van der Waals surface area contributed by atoms with E-state index in [1.807, 2.05) is 19.2 Å². The lowest BCUT2D eigenvalue weighted by Crippen LogP contribution is -2.42. The second-order valence-corrected chi connectivity index (χ2v) is 8.45. The third-order valence-electron chi connectivity index (χ3n) is 5.30. The normalized spacial score (nSPS) is 25.9. The van der Waals surface area contributed by atoms with E-state index >= 15 is 0 Å². The number of esters is 2. The van der Waals surface area contributed by atoms with Crippen LogP contribution in [-0.2, 0) is 32.0 Å². The zero-order valence-electron chi connectivity index (χ0n) is 15.8. The number of carbonyl (C=O) groups is 2. The number of nitrogens with zero attached hydrogens (tertiary/aromatic N) is 2. The smallest absolute Gasteiger partial charge is 0.323 e. The maximum Gasteiger partial charge on any atom is 0.323 e. The highest BCUT2D eigenvalue weighted by Crippen LogP contribution is 2.40. The van der Waals surface area contributed by atoms with Gasteiger partial charge in [0, 0.05) is 18.0 Å². The quantitative estimate of drug-likeness (QED) is 0.707. The minimum absolute atomic E-state index is 0.115. The predicted octanol–water partition coefficient (Wildman–Crippen LogP) is 2.94. The summed E-state index contributed by atoms with van der Waals surface area (Å²) in [5.74, 6) is 0.184. The monoisotopic (exact) mass is 380 g/mol. The summed E-state index contributed by atoms with van der Waals surface area (Å²) in [5, 5.41) is 2.75. The Morgan fingerprint density at radius 3 is 2.85 bits per heavy atom. The van der Waals surface area contributed by atoms with Gasteiger partial charge in [-0.25, -0.2) is 4.98 Å². The SMILES string of the molecule is COC(=O)C1CC2CCCCC2N1Cc1csc(CC(=O)OC(C)C)n1. The molecule has 3 unspecified atom stereocenters. The standard InChI is InChI=1S/C19H28N2O4S/c1-12(2)25-18(22)9-17-20-14(11-26-17)10-21-15-7-5-4-6-13(15)8-16(21)19(23)24-3/h11-13,15-16H,4-10H2,1-3H3. The Hall–Kier alpha value is -1.47. The second kappa shape index (κ2) is 8.48. The first-order chi connectivity index (χ1) is 12.5. The predicted molar refractivity (Wildman–Crippen MR) is 98.8 cm³/mol. The lowest BCUT2D eigenvalue weighted by atomic mass is 9.85. The topological polar surface area (TPSA) is 68.7 Å². The van der Waals surface area contributed by atoms with Gasteiger partial charge in [-0.05, 0) is 39.0 Å². The molecule has 144 valence electrons. The van der Waals surface area contributed by atoms with Crippen molar-refractivity contribution in [3.05, 3.63) is 16.1 Å². The molecule has 3 rings (SSSR count). The van der Waals surface area contributed by atoms with E-state index in [0.717, 1.165) is 23.5 Å². The molecule has 2 aliphatic rings. The molecule has 0 spiro atoms. The van der Waals surface area contributed by atoms with Crippen molar-refractivity contribution in [2.75, 3.05) is 7.11 Å². The highest BCUT2D eigenvalue weighted by molar-refractivity contribution is 7.09. The van der Waals surface area contributed by atoms with Crippen LogP contribution in [0, 0.1) is 5.92 Å². The second-order valence-electron chi connectivity index (χ2n) is 7.51. The van der Waals surface area contributed by atoms with E-state index in [4.69, 9.17) is 9.47 Å². The Balaban J connectivity index is 1.67. The van der Waals surface area contributed by atoms with Crippen LogP contribution < -0.4 is 0 Å². The van der Waals surface area contributed by atoms with Gasteiger partial charge >= 0.3 is 11.9 Å². The van der Waals surface area contributed by atoms with Crippen LogP contribution in [0.15, 0.2) is 5.38 Å². The first-order valence-electron chi connectivity index (χ1n) is 9.44. The lowest BCUT2D eigenvalue weighted by Gasteiger charge is -2.32. The zero-order valence-corrected chi connectivity index (χ0v) is 16.6. The van der Waals surface area contributed by atoms with Crippen LogP contribution in [-0.4, -0.2) is 47.1 Å². The van der Waals surface area contributed by atoms with E-state index in [1.54, 1.807) is 0 Å². The Kier molecular flexibility index (Phi) is 6.29. The van der Waals surface area contributed by atoms with Gasteiger partial charge < -0.3 is 9.47 Å². The van der Waals surface area contributed by atoms with Crippen molar-refractivity contribution in [3.63, 3.8) is 0 Å². The summed E-state index contributed by atoms with van der Waals surface area (Å²) in [5.41, 5.74) is 0.919. The summed E-state index contributed by atoms with van der Waals surface area (Å²) >= 11 is 1.48. The molecule has 1 saturated carbocycles. The molecular formula is C19H28N2O4S. The fourth-order valence-corrected chi connectivity index (χ4v) is 5.04. The number of hydrogen-bond acceptors (Lipinski definition) is 7. The number of fused-ring (bicyclic) bond motifs is 1. The number of rotatable bonds is 6. The average molecular weight is 381 g/mol. The third kappa shape index (κ3) is 4.43. The van der Waals surface area contributed by atoms with Gasteiger partial charge in [-0.15, -0.1) is 11.3 Å². The molecule has 1 saturated heterocycles. The minimum atomic E-state index is -0.248. The van der Waals surface area contributed by atoms with Crippen LogP contribution in [0.3, 0.4) is 0 Å². The molecule has 0 radical (unpaired) electrons. The van der Waals surface area contributed by atoms with Gasteiger partial charge in [-0.2, -0.15) is 0 Å². The maximum atomic E-state index is 12.3. The first kappa shape index (κ1) is 19.3. The van der Waals surface area contributed by atoms with Crippen molar-refractivity contribution in [2.24, 2.45) is 5.92 Å². The van der Waals surface area contributed by atoms with Crippen molar-refractivity contribution in [3.8, 4) is 0 Å². The molecule has 0 amide bonds. The van der Waals surface area contributed by atoms with Crippen molar-refractivity contribution in [1.82, 2.24) is 9.88 Å². The molecule has 1 aromatic rings. The molecule has 26 heavy (non-hydrogen) atoms. The van der Waals surface area contributed by atoms with Crippen LogP contribution in [0.4, 0.5) is 0 Å². The molecule has 0 aromatic carbocycles. The van der Waals surface area contributed by atoms with Crippen LogP contribution in [0.1, 0.15) is 56.7 Å². The van der Waals surface area contributed by atoms with Crippen molar-refractivity contribution in [1.29, 1.82) is 0 Å². The van der Waals surface area contributed by atoms with Crippen LogP contribution >= 0.6 is 11.3 Å². The third-order valence-corrected chi connectivity index (χ3v) is 6.20. The highest BCUT2D eigenvalue weighted by Gasteiger charge is 2.45. The van der Waals surface area contributed by atoms with E-state index in [-0.39, 0.29) is 30.5 Å². The number of carbonyl (C=O) groups excluding carboxylic acids is 2. The van der Waals surface area contributed by atoms with Crippen molar-refractivity contribution >= 4 is 23.3 Å². The Labute approximate surface area is 158 Å². The van der Waals surface area contributed by atoms with Gasteiger partial charge in [-0.3, -0.25) is 14.5 Å². The van der Waals surface area contributed by atoms with Gasteiger partial charge in [0.25, 0.3) is 0 Å². The molecule has 0 N–H and O–H groups in total. The fourth-order valence-electron chi connectivity index (χ4n) is 4.27. The maximum absolute atomic E-state index is 12.3. The van der Waals surface area contributed by atoms with Gasteiger partial charge in [0.2, 0.25) is 0 Å². The lowest BCUT2D eigenvalue weighted by molar-refractivity contribution is -0.147. The van der Waals surface area contributed by atoms with Crippen LogP contribution in [0.5, 0.6) is 0 Å². The molecule has 0 bridgehead atoms. The molecule has 1 aliphatic heterocycles. The summed E-state index contributed by atoms with van der Waals surface area (Å²) in [6, 6.07) is 0.257. The molecule has 1 aliphatic carbocycles. The molecule has 6 nitrogen and oxygen atoms in total. The Bertz CT molecular complexity index is 645. The largest absolute Gasteiger partial charge is 0.468 e.